The van der Waals surface area contributed by atoms with Crippen LogP contribution in [0, 0.1) is 6.92 Å². The van der Waals surface area contributed by atoms with E-state index >= 15 is 0 Å². The van der Waals surface area contributed by atoms with Crippen molar-refractivity contribution in [2.24, 2.45) is 0 Å². The highest BCUT2D eigenvalue weighted by molar-refractivity contribution is 8.00. The van der Waals surface area contributed by atoms with E-state index < -0.39 is 5.51 Å². The molecule has 1 radical (unpaired) electrons. The standard InChI is InChI=1S/C11H12F3S/c1-2-3-6-9-7-4-5-8-10(9)15-11(12,13)14/h4-5,7-8H,1-3,6H2. The van der Waals surface area contributed by atoms with Crippen LogP contribution in [0.1, 0.15) is 18.4 Å². The fourth-order valence-corrected chi connectivity index (χ4v) is 1.95. The second kappa shape index (κ2) is 5.45. The molecule has 0 bridgehead atoms. The molecule has 0 unspecified atom stereocenters. The Kier molecular flexibility index (Phi) is 4.51. The molecule has 0 amide bonds. The van der Waals surface area contributed by atoms with Gasteiger partial charge in [0, 0.05) is 4.90 Å². The molecule has 0 spiro atoms. The van der Waals surface area contributed by atoms with Crippen LogP contribution in [0.15, 0.2) is 29.2 Å². The number of unbranched alkanes of at least 4 members (excludes halogenated alkanes) is 1. The highest BCUT2D eigenvalue weighted by atomic mass is 32.2. The molecule has 15 heavy (non-hydrogen) atoms. The van der Waals surface area contributed by atoms with Gasteiger partial charge in [0.05, 0.1) is 0 Å². The van der Waals surface area contributed by atoms with Crippen LogP contribution in [0.2, 0.25) is 0 Å². The quantitative estimate of drug-likeness (QED) is 0.692. The number of alkyl halides is 3. The predicted molar refractivity (Wildman–Crippen MR) is 56.6 cm³/mol. The Morgan fingerprint density at radius 1 is 1.20 bits per heavy atom. The van der Waals surface area contributed by atoms with Crippen molar-refractivity contribution in [1.82, 2.24) is 0 Å². The number of hydrogen-bond acceptors (Lipinski definition) is 1. The molecule has 0 fully saturated rings. The maximum Gasteiger partial charge on any atom is 0.446 e. The predicted octanol–water partition coefficient (Wildman–Crippen LogP) is 4.46. The van der Waals surface area contributed by atoms with Gasteiger partial charge in [-0.05, 0) is 36.2 Å². The lowest BCUT2D eigenvalue weighted by molar-refractivity contribution is -0.0328. The number of halogens is 3. The summed E-state index contributed by atoms with van der Waals surface area (Å²) in [6, 6.07) is 6.64. The lowest BCUT2D eigenvalue weighted by Crippen LogP contribution is -2.01. The van der Waals surface area contributed by atoms with Gasteiger partial charge in [0.1, 0.15) is 0 Å². The van der Waals surface area contributed by atoms with Crippen molar-refractivity contribution in [3.05, 3.63) is 36.8 Å². The van der Waals surface area contributed by atoms with Crippen LogP contribution in [0.3, 0.4) is 0 Å². The van der Waals surface area contributed by atoms with Crippen LogP contribution in [-0.2, 0) is 6.42 Å². The van der Waals surface area contributed by atoms with Crippen molar-refractivity contribution in [3.63, 3.8) is 0 Å². The summed E-state index contributed by atoms with van der Waals surface area (Å²) in [5.74, 6) is 0. The highest BCUT2D eigenvalue weighted by Crippen LogP contribution is 2.38. The fraction of sp³-hybridized carbons (Fsp3) is 0.364. The Hall–Kier alpha value is -0.640. The minimum Gasteiger partial charge on any atom is -0.160 e. The summed E-state index contributed by atoms with van der Waals surface area (Å²) in [5, 5.41) is 0. The number of aryl methyl sites for hydroxylation is 1. The first kappa shape index (κ1) is 12.4. The maximum atomic E-state index is 12.2. The van der Waals surface area contributed by atoms with Crippen LogP contribution in [0.25, 0.3) is 0 Å². The molecule has 0 aliphatic carbocycles. The zero-order valence-corrected chi connectivity index (χ0v) is 9.00. The summed E-state index contributed by atoms with van der Waals surface area (Å²) in [7, 11) is 0. The molecular formula is C11H12F3S. The maximum absolute atomic E-state index is 12.2. The first-order valence-corrected chi connectivity index (χ1v) is 5.47. The van der Waals surface area contributed by atoms with Gasteiger partial charge in [0.25, 0.3) is 0 Å². The Morgan fingerprint density at radius 3 is 2.47 bits per heavy atom. The van der Waals surface area contributed by atoms with Gasteiger partial charge in [-0.25, -0.2) is 0 Å². The lowest BCUT2D eigenvalue weighted by atomic mass is 10.1. The molecule has 0 saturated heterocycles. The molecule has 0 nitrogen and oxygen atoms in total. The van der Waals surface area contributed by atoms with Crippen molar-refractivity contribution in [1.29, 1.82) is 0 Å². The largest absolute Gasteiger partial charge is 0.446 e. The molecule has 1 rings (SSSR count). The van der Waals surface area contributed by atoms with E-state index in [9.17, 15) is 13.2 Å². The topological polar surface area (TPSA) is 0 Å². The molecule has 0 saturated carbocycles. The first-order chi connectivity index (χ1) is 7.03. The molecule has 1 aromatic carbocycles. The Morgan fingerprint density at radius 2 is 1.87 bits per heavy atom. The summed E-state index contributed by atoms with van der Waals surface area (Å²) >= 11 is -0.0426. The van der Waals surface area contributed by atoms with Crippen LogP contribution < -0.4 is 0 Å². The van der Waals surface area contributed by atoms with Gasteiger partial charge in [-0.15, -0.1) is 0 Å². The average molecular weight is 233 g/mol. The van der Waals surface area contributed by atoms with Crippen LogP contribution >= 0.6 is 11.8 Å². The van der Waals surface area contributed by atoms with Crippen molar-refractivity contribution in [2.75, 3.05) is 0 Å². The zero-order chi connectivity index (χ0) is 11.3. The van der Waals surface area contributed by atoms with Crippen molar-refractivity contribution in [3.8, 4) is 0 Å². The van der Waals surface area contributed by atoms with E-state index in [1.807, 2.05) is 0 Å². The first-order valence-electron chi connectivity index (χ1n) is 4.66. The molecule has 0 aliphatic rings. The molecule has 0 aromatic heterocycles. The molecule has 0 aliphatic heterocycles. The third-order valence-corrected chi connectivity index (χ3v) is 2.74. The number of thioether (sulfide) groups is 1. The normalized spacial score (nSPS) is 11.7. The molecule has 0 N–H and O–H groups in total. The summed E-state index contributed by atoms with van der Waals surface area (Å²) in [5.41, 5.74) is -3.45. The van der Waals surface area contributed by atoms with Gasteiger partial charge in [-0.1, -0.05) is 31.5 Å². The number of benzene rings is 1. The van der Waals surface area contributed by atoms with E-state index in [4.69, 9.17) is 0 Å². The molecule has 1 aromatic rings. The summed E-state index contributed by atoms with van der Waals surface area (Å²) in [4.78, 5) is 0.304. The Labute approximate surface area is 91.9 Å². The van der Waals surface area contributed by atoms with Gasteiger partial charge >= 0.3 is 5.51 Å². The third-order valence-electron chi connectivity index (χ3n) is 1.89. The monoisotopic (exact) mass is 233 g/mol. The van der Waals surface area contributed by atoms with Gasteiger partial charge in [-0.3, -0.25) is 0 Å². The lowest BCUT2D eigenvalue weighted by Gasteiger charge is -2.10. The van der Waals surface area contributed by atoms with E-state index in [1.54, 1.807) is 18.2 Å². The highest BCUT2D eigenvalue weighted by Gasteiger charge is 2.29. The number of rotatable bonds is 4. The average Bonchev–Trinajstić information content (AvgIpc) is 2.14. The van der Waals surface area contributed by atoms with E-state index in [0.717, 1.165) is 18.4 Å². The minimum atomic E-state index is -4.21. The van der Waals surface area contributed by atoms with E-state index in [1.165, 1.54) is 6.07 Å². The molecule has 83 valence electrons. The second-order valence-corrected chi connectivity index (χ2v) is 4.22. The van der Waals surface area contributed by atoms with Crippen molar-refractivity contribution in [2.45, 2.75) is 29.7 Å². The van der Waals surface area contributed by atoms with Gasteiger partial charge < -0.3 is 0 Å². The Bertz CT molecular complexity index is 307. The summed E-state index contributed by atoms with van der Waals surface area (Å²) in [6.07, 6.45) is 2.21. The van der Waals surface area contributed by atoms with Gasteiger partial charge in [0.15, 0.2) is 0 Å². The van der Waals surface area contributed by atoms with Crippen molar-refractivity contribution < 1.29 is 13.2 Å². The third kappa shape index (κ3) is 4.60. The van der Waals surface area contributed by atoms with Crippen LogP contribution in [0.4, 0.5) is 13.2 Å². The zero-order valence-electron chi connectivity index (χ0n) is 8.18. The summed E-state index contributed by atoms with van der Waals surface area (Å²) in [6.45, 7) is 3.68. The van der Waals surface area contributed by atoms with Gasteiger partial charge in [0.2, 0.25) is 0 Å². The minimum absolute atomic E-state index is 0.0426. The van der Waals surface area contributed by atoms with Crippen molar-refractivity contribution >= 4 is 11.8 Å². The smallest absolute Gasteiger partial charge is 0.160 e. The SMILES string of the molecule is [CH2]CCCc1ccccc1SC(F)(F)F. The van der Waals surface area contributed by atoms with E-state index in [2.05, 4.69) is 6.92 Å². The molecule has 0 atom stereocenters. The van der Waals surface area contributed by atoms with Crippen LogP contribution in [-0.4, -0.2) is 5.51 Å². The van der Waals surface area contributed by atoms with E-state index in [0.29, 0.717) is 11.3 Å². The summed E-state index contributed by atoms with van der Waals surface area (Å²) < 4.78 is 36.6. The van der Waals surface area contributed by atoms with Crippen LogP contribution in [0.5, 0.6) is 0 Å². The fourth-order valence-electron chi connectivity index (χ4n) is 1.25. The molecule has 4 heteroatoms. The van der Waals surface area contributed by atoms with E-state index in [-0.39, 0.29) is 11.8 Å². The second-order valence-electron chi connectivity index (χ2n) is 3.11. The Balaban J connectivity index is 2.77. The molecule has 0 heterocycles. The van der Waals surface area contributed by atoms with Gasteiger partial charge in [-0.2, -0.15) is 13.2 Å². The number of hydrogen-bond donors (Lipinski definition) is 0. The molecular weight excluding hydrogens is 221 g/mol.